The van der Waals surface area contributed by atoms with Gasteiger partial charge in [-0.1, -0.05) is 0 Å². The van der Waals surface area contributed by atoms with E-state index < -0.39 is 0 Å². The first-order valence-corrected chi connectivity index (χ1v) is 5.59. The molecule has 7 heteroatoms. The smallest absolute Gasteiger partial charge is 0.317 e. The zero-order chi connectivity index (χ0) is 13.0. The SMILES string of the molecule is O=C1NCCN1CCOc1coc(CO)cc1=O. The molecule has 1 aromatic rings. The fourth-order valence-electron chi connectivity index (χ4n) is 1.62. The van der Waals surface area contributed by atoms with Crippen LogP contribution < -0.4 is 15.5 Å². The van der Waals surface area contributed by atoms with Gasteiger partial charge in [-0.3, -0.25) is 4.79 Å². The number of aliphatic hydroxyl groups excluding tert-OH is 1. The van der Waals surface area contributed by atoms with Crippen molar-refractivity contribution in [3.8, 4) is 5.75 Å². The number of urea groups is 1. The van der Waals surface area contributed by atoms with Crippen LogP contribution in [-0.4, -0.2) is 42.3 Å². The molecule has 7 nitrogen and oxygen atoms in total. The minimum Gasteiger partial charge on any atom is -0.485 e. The summed E-state index contributed by atoms with van der Waals surface area (Å²) in [5.41, 5.74) is -0.351. The van der Waals surface area contributed by atoms with Crippen LogP contribution in [0.4, 0.5) is 4.79 Å². The van der Waals surface area contributed by atoms with E-state index in [1.54, 1.807) is 4.90 Å². The highest BCUT2D eigenvalue weighted by Gasteiger charge is 2.18. The van der Waals surface area contributed by atoms with Crippen LogP contribution in [0, 0.1) is 0 Å². The van der Waals surface area contributed by atoms with Crippen molar-refractivity contribution in [1.29, 1.82) is 0 Å². The van der Waals surface area contributed by atoms with Gasteiger partial charge in [-0.25, -0.2) is 4.79 Å². The topological polar surface area (TPSA) is 92.0 Å². The molecule has 1 fully saturated rings. The van der Waals surface area contributed by atoms with Crippen LogP contribution in [0.1, 0.15) is 5.76 Å². The summed E-state index contributed by atoms with van der Waals surface area (Å²) in [4.78, 5) is 24.3. The maximum Gasteiger partial charge on any atom is 0.317 e. The lowest BCUT2D eigenvalue weighted by Gasteiger charge is -2.13. The minimum atomic E-state index is -0.351. The van der Waals surface area contributed by atoms with Gasteiger partial charge < -0.3 is 24.5 Å². The lowest BCUT2D eigenvalue weighted by atomic mass is 10.4. The van der Waals surface area contributed by atoms with Gasteiger partial charge in [0.1, 0.15) is 25.2 Å². The molecule has 1 saturated heterocycles. The second kappa shape index (κ2) is 5.54. The number of ether oxygens (including phenoxy) is 1. The van der Waals surface area contributed by atoms with Crippen LogP contribution in [0.2, 0.25) is 0 Å². The van der Waals surface area contributed by atoms with Gasteiger partial charge in [0.25, 0.3) is 0 Å². The number of carbonyl (C=O) groups excluding carboxylic acids is 1. The van der Waals surface area contributed by atoms with E-state index in [9.17, 15) is 9.59 Å². The zero-order valence-electron chi connectivity index (χ0n) is 9.72. The molecule has 18 heavy (non-hydrogen) atoms. The highest BCUT2D eigenvalue weighted by Crippen LogP contribution is 2.06. The maximum atomic E-state index is 11.5. The Morgan fingerprint density at radius 2 is 2.33 bits per heavy atom. The average Bonchev–Trinajstić information content (AvgIpc) is 2.77. The lowest BCUT2D eigenvalue weighted by molar-refractivity contribution is 0.200. The highest BCUT2D eigenvalue weighted by molar-refractivity contribution is 5.76. The third-order valence-electron chi connectivity index (χ3n) is 2.57. The Morgan fingerprint density at radius 3 is 2.94 bits per heavy atom. The molecular weight excluding hydrogens is 240 g/mol. The number of amides is 2. The first-order valence-electron chi connectivity index (χ1n) is 5.59. The van der Waals surface area contributed by atoms with Crippen molar-refractivity contribution in [2.24, 2.45) is 0 Å². The summed E-state index contributed by atoms with van der Waals surface area (Å²) in [5, 5.41) is 11.4. The van der Waals surface area contributed by atoms with Crippen LogP contribution in [-0.2, 0) is 6.61 Å². The molecule has 2 heterocycles. The molecule has 1 aliphatic rings. The van der Waals surface area contributed by atoms with Crippen LogP contribution in [0.3, 0.4) is 0 Å². The summed E-state index contributed by atoms with van der Waals surface area (Å²) in [6.45, 7) is 1.57. The average molecular weight is 254 g/mol. The maximum absolute atomic E-state index is 11.5. The summed E-state index contributed by atoms with van der Waals surface area (Å²) < 4.78 is 10.2. The van der Waals surface area contributed by atoms with Crippen LogP contribution >= 0.6 is 0 Å². The molecule has 0 radical (unpaired) electrons. The molecular formula is C11H14N2O5. The normalized spacial score (nSPS) is 14.7. The molecule has 0 saturated carbocycles. The quantitative estimate of drug-likeness (QED) is 0.741. The zero-order valence-corrected chi connectivity index (χ0v) is 9.72. The van der Waals surface area contributed by atoms with E-state index in [0.29, 0.717) is 19.6 Å². The van der Waals surface area contributed by atoms with Gasteiger partial charge in [-0.05, 0) is 0 Å². The summed E-state index contributed by atoms with van der Waals surface area (Å²) in [6, 6.07) is 1.05. The number of aliphatic hydroxyl groups is 1. The van der Waals surface area contributed by atoms with Gasteiger partial charge in [-0.2, -0.15) is 0 Å². The van der Waals surface area contributed by atoms with E-state index in [4.69, 9.17) is 14.3 Å². The predicted octanol–water partition coefficient (Wildman–Crippen LogP) is -0.464. The Bertz CT molecular complexity index is 485. The molecule has 0 unspecified atom stereocenters. The molecule has 0 aliphatic carbocycles. The van der Waals surface area contributed by atoms with Crippen LogP contribution in [0.25, 0.3) is 0 Å². The molecule has 1 aromatic heterocycles. The van der Waals surface area contributed by atoms with Crippen molar-refractivity contribution < 1.29 is 19.1 Å². The Balaban J connectivity index is 1.86. The number of nitrogens with zero attached hydrogens (tertiary/aromatic N) is 1. The molecule has 0 spiro atoms. The van der Waals surface area contributed by atoms with Gasteiger partial charge in [-0.15, -0.1) is 0 Å². The summed E-state index contributed by atoms with van der Waals surface area (Å²) in [6.07, 6.45) is 1.16. The molecule has 2 N–H and O–H groups in total. The molecule has 1 aliphatic heterocycles. The van der Waals surface area contributed by atoms with Crippen LogP contribution in [0.15, 0.2) is 21.5 Å². The van der Waals surface area contributed by atoms with Gasteiger partial charge in [0, 0.05) is 19.2 Å². The number of rotatable bonds is 5. The number of hydrogen-bond acceptors (Lipinski definition) is 5. The van der Waals surface area contributed by atoms with Gasteiger partial charge in [0.05, 0.1) is 6.54 Å². The van der Waals surface area contributed by atoms with Crippen molar-refractivity contribution in [2.75, 3.05) is 26.2 Å². The predicted molar refractivity (Wildman–Crippen MR) is 61.4 cm³/mol. The van der Waals surface area contributed by atoms with E-state index in [-0.39, 0.29) is 36.2 Å². The molecule has 0 atom stereocenters. The number of hydrogen-bond donors (Lipinski definition) is 2. The lowest BCUT2D eigenvalue weighted by Crippen LogP contribution is -2.32. The summed E-state index contributed by atoms with van der Waals surface area (Å²) >= 11 is 0. The van der Waals surface area contributed by atoms with E-state index in [1.807, 2.05) is 0 Å². The third kappa shape index (κ3) is 2.80. The van der Waals surface area contributed by atoms with E-state index in [0.717, 1.165) is 6.26 Å². The highest BCUT2D eigenvalue weighted by atomic mass is 16.5. The van der Waals surface area contributed by atoms with Gasteiger partial charge in [0.2, 0.25) is 11.2 Å². The Morgan fingerprint density at radius 1 is 1.50 bits per heavy atom. The Kier molecular flexibility index (Phi) is 3.83. The second-order valence-corrected chi connectivity index (χ2v) is 3.80. The fourth-order valence-corrected chi connectivity index (χ4v) is 1.62. The van der Waals surface area contributed by atoms with Gasteiger partial charge in [0.15, 0.2) is 0 Å². The Hall–Kier alpha value is -2.02. The van der Waals surface area contributed by atoms with Crippen molar-refractivity contribution >= 4 is 6.03 Å². The molecule has 2 amide bonds. The summed E-state index contributed by atoms with van der Waals surface area (Å²) in [5.74, 6) is 0.262. The standard InChI is InChI=1S/C11H14N2O5/c14-6-8-5-9(15)10(7-18-8)17-4-3-13-2-1-12-11(13)16/h5,7,14H,1-4,6H2,(H,12,16). The van der Waals surface area contributed by atoms with Crippen LogP contribution in [0.5, 0.6) is 5.75 Å². The minimum absolute atomic E-state index is 0.0757. The number of carbonyl (C=O) groups is 1. The van der Waals surface area contributed by atoms with E-state index in [2.05, 4.69) is 5.32 Å². The molecule has 2 rings (SSSR count). The monoisotopic (exact) mass is 254 g/mol. The third-order valence-corrected chi connectivity index (χ3v) is 2.57. The molecule has 0 aromatic carbocycles. The van der Waals surface area contributed by atoms with Gasteiger partial charge >= 0.3 is 6.03 Å². The summed E-state index contributed by atoms with van der Waals surface area (Å²) in [7, 11) is 0. The second-order valence-electron chi connectivity index (χ2n) is 3.80. The largest absolute Gasteiger partial charge is 0.485 e. The molecule has 0 bridgehead atoms. The molecule has 98 valence electrons. The van der Waals surface area contributed by atoms with Crippen molar-refractivity contribution in [1.82, 2.24) is 10.2 Å². The van der Waals surface area contributed by atoms with Crippen molar-refractivity contribution in [3.63, 3.8) is 0 Å². The fraction of sp³-hybridized carbons (Fsp3) is 0.455. The van der Waals surface area contributed by atoms with E-state index in [1.165, 1.54) is 6.07 Å². The van der Waals surface area contributed by atoms with E-state index >= 15 is 0 Å². The number of nitrogens with one attached hydrogen (secondary N) is 1. The van der Waals surface area contributed by atoms with Crippen molar-refractivity contribution in [3.05, 3.63) is 28.3 Å². The first-order chi connectivity index (χ1) is 8.70. The Labute approximate surface area is 103 Å². The first kappa shape index (κ1) is 12.4. The van der Waals surface area contributed by atoms with Crippen molar-refractivity contribution in [2.45, 2.75) is 6.61 Å².